The zero-order valence-electron chi connectivity index (χ0n) is 16.1. The summed E-state index contributed by atoms with van der Waals surface area (Å²) in [6.07, 6.45) is 7.51. The molecule has 0 bridgehead atoms. The summed E-state index contributed by atoms with van der Waals surface area (Å²) in [4.78, 5) is 24.1. The first-order chi connectivity index (χ1) is 13.4. The first kappa shape index (κ1) is 20.8. The number of sulfonamides is 1. The molecule has 2 fully saturated rings. The van der Waals surface area contributed by atoms with Crippen molar-refractivity contribution >= 4 is 27.6 Å². The van der Waals surface area contributed by atoms with Crippen LogP contribution >= 0.6 is 0 Å². The van der Waals surface area contributed by atoms with Gasteiger partial charge in [0, 0.05) is 25.2 Å². The number of nitrogens with zero attached hydrogens (tertiary/aromatic N) is 1. The summed E-state index contributed by atoms with van der Waals surface area (Å²) in [5, 5.41) is 2.61. The van der Waals surface area contributed by atoms with Crippen LogP contribution in [0.3, 0.4) is 0 Å². The summed E-state index contributed by atoms with van der Waals surface area (Å²) in [6, 6.07) is 6.19. The first-order valence-electron chi connectivity index (χ1n) is 10.0. The third-order valence-corrected chi connectivity index (χ3v) is 7.26. The Kier molecular flexibility index (Phi) is 7.07. The van der Waals surface area contributed by atoms with Crippen LogP contribution < -0.4 is 5.32 Å². The van der Waals surface area contributed by atoms with Crippen molar-refractivity contribution in [2.45, 2.75) is 56.3 Å². The van der Waals surface area contributed by atoms with Crippen LogP contribution in [0.4, 0.5) is 5.69 Å². The minimum atomic E-state index is -3.56. The number of carbonyl (C=O) groups excluding carboxylic acids is 2. The lowest BCUT2D eigenvalue weighted by Gasteiger charge is -2.26. The summed E-state index contributed by atoms with van der Waals surface area (Å²) < 4.78 is 32.0. The molecule has 1 N–H and O–H groups in total. The molecule has 28 heavy (non-hydrogen) atoms. The van der Waals surface area contributed by atoms with Gasteiger partial charge in [0.25, 0.3) is 5.91 Å². The summed E-state index contributed by atoms with van der Waals surface area (Å²) in [5.74, 6) is -0.469. The predicted molar refractivity (Wildman–Crippen MR) is 105 cm³/mol. The number of benzene rings is 1. The molecule has 0 radical (unpaired) electrons. The second-order valence-electron chi connectivity index (χ2n) is 7.56. The molecule has 0 aromatic heterocycles. The van der Waals surface area contributed by atoms with Crippen LogP contribution in [0.1, 0.15) is 51.4 Å². The Morgan fingerprint density at radius 2 is 1.79 bits per heavy atom. The van der Waals surface area contributed by atoms with Crippen LogP contribution in [0.2, 0.25) is 0 Å². The smallest absolute Gasteiger partial charge is 0.306 e. The molecule has 154 valence electrons. The minimum Gasteiger partial charge on any atom is -0.456 e. The van der Waals surface area contributed by atoms with Crippen molar-refractivity contribution in [1.29, 1.82) is 0 Å². The van der Waals surface area contributed by atoms with Gasteiger partial charge in [-0.3, -0.25) is 9.59 Å². The van der Waals surface area contributed by atoms with Crippen molar-refractivity contribution < 1.29 is 22.7 Å². The third-order valence-electron chi connectivity index (χ3n) is 5.36. The Balaban J connectivity index is 1.53. The van der Waals surface area contributed by atoms with Gasteiger partial charge in [-0.15, -0.1) is 0 Å². The number of amides is 1. The molecule has 1 aliphatic carbocycles. The van der Waals surface area contributed by atoms with Crippen LogP contribution in [-0.4, -0.2) is 44.3 Å². The topological polar surface area (TPSA) is 92.8 Å². The van der Waals surface area contributed by atoms with E-state index in [9.17, 15) is 18.0 Å². The second-order valence-corrected chi connectivity index (χ2v) is 9.49. The van der Waals surface area contributed by atoms with Gasteiger partial charge < -0.3 is 10.1 Å². The van der Waals surface area contributed by atoms with E-state index in [-0.39, 0.29) is 17.5 Å². The molecule has 0 atom stereocenters. The molecular formula is C20H28N2O5S. The van der Waals surface area contributed by atoms with Crippen LogP contribution in [0.25, 0.3) is 0 Å². The van der Waals surface area contributed by atoms with Gasteiger partial charge in [-0.25, -0.2) is 8.42 Å². The number of ether oxygens (including phenoxy) is 1. The summed E-state index contributed by atoms with van der Waals surface area (Å²) in [5.41, 5.74) is 0.370. The highest BCUT2D eigenvalue weighted by molar-refractivity contribution is 7.89. The minimum absolute atomic E-state index is 0.158. The van der Waals surface area contributed by atoms with Gasteiger partial charge >= 0.3 is 5.97 Å². The Hall–Kier alpha value is -1.93. The Labute approximate surface area is 166 Å². The quantitative estimate of drug-likeness (QED) is 0.700. The fourth-order valence-electron chi connectivity index (χ4n) is 3.84. The Morgan fingerprint density at radius 3 is 2.50 bits per heavy atom. The monoisotopic (exact) mass is 408 g/mol. The van der Waals surface area contributed by atoms with Crippen molar-refractivity contribution in [3.05, 3.63) is 24.3 Å². The highest BCUT2D eigenvalue weighted by atomic mass is 32.2. The van der Waals surface area contributed by atoms with Gasteiger partial charge in [0.05, 0.1) is 4.90 Å². The average molecular weight is 409 g/mol. The standard InChI is InChI=1S/C20H28N2O5S/c23-19(15-27-20(24)13-16-7-2-3-8-16)21-17-9-6-10-18(14-17)28(25,26)22-11-4-1-5-12-22/h6,9-10,14,16H,1-5,7-8,11-13,15H2,(H,21,23). The highest BCUT2D eigenvalue weighted by Gasteiger charge is 2.26. The molecular weight excluding hydrogens is 380 g/mol. The Bertz CT molecular complexity index is 797. The van der Waals surface area contributed by atoms with Crippen LogP contribution in [-0.2, 0) is 24.3 Å². The molecule has 1 heterocycles. The molecule has 2 aliphatic rings. The third kappa shape index (κ3) is 5.54. The van der Waals surface area contributed by atoms with Crippen molar-refractivity contribution in [3.63, 3.8) is 0 Å². The van der Waals surface area contributed by atoms with Gasteiger partial charge in [-0.1, -0.05) is 25.3 Å². The number of carbonyl (C=O) groups is 2. The van der Waals surface area contributed by atoms with Gasteiger partial charge in [-0.2, -0.15) is 4.31 Å². The normalized spacial score (nSPS) is 18.7. The molecule has 1 saturated carbocycles. The van der Waals surface area contributed by atoms with E-state index in [1.165, 1.54) is 16.4 Å². The number of hydrogen-bond donors (Lipinski definition) is 1. The van der Waals surface area contributed by atoms with Crippen molar-refractivity contribution in [1.82, 2.24) is 4.31 Å². The molecule has 1 aromatic rings. The SMILES string of the molecule is O=C(COC(=O)CC1CCCC1)Nc1cccc(S(=O)(=O)N2CCCCC2)c1. The van der Waals surface area contributed by atoms with E-state index in [0.29, 0.717) is 31.1 Å². The van der Waals surface area contributed by atoms with Gasteiger partial charge in [-0.05, 0) is 49.8 Å². The zero-order valence-corrected chi connectivity index (χ0v) is 16.9. The van der Waals surface area contributed by atoms with E-state index in [1.807, 2.05) is 0 Å². The van der Waals surface area contributed by atoms with Gasteiger partial charge in [0.1, 0.15) is 0 Å². The molecule has 1 aromatic carbocycles. The van der Waals surface area contributed by atoms with E-state index < -0.39 is 15.9 Å². The largest absolute Gasteiger partial charge is 0.456 e. The summed E-state index contributed by atoms with van der Waals surface area (Å²) in [7, 11) is -3.56. The van der Waals surface area contributed by atoms with E-state index in [2.05, 4.69) is 5.32 Å². The molecule has 1 amide bonds. The van der Waals surface area contributed by atoms with E-state index in [4.69, 9.17) is 4.74 Å². The Morgan fingerprint density at radius 1 is 1.07 bits per heavy atom. The second kappa shape index (κ2) is 9.52. The molecule has 8 heteroatoms. The fraction of sp³-hybridized carbons (Fsp3) is 0.600. The maximum atomic E-state index is 12.7. The van der Waals surface area contributed by atoms with Gasteiger partial charge in [0.15, 0.2) is 6.61 Å². The lowest BCUT2D eigenvalue weighted by Crippen LogP contribution is -2.35. The highest BCUT2D eigenvalue weighted by Crippen LogP contribution is 2.27. The van der Waals surface area contributed by atoms with Crippen LogP contribution in [0.15, 0.2) is 29.2 Å². The predicted octanol–water partition coefficient (Wildman–Crippen LogP) is 2.92. The zero-order chi connectivity index (χ0) is 20.0. The average Bonchev–Trinajstić information content (AvgIpc) is 3.20. The van der Waals surface area contributed by atoms with E-state index >= 15 is 0 Å². The molecule has 3 rings (SSSR count). The number of hydrogen-bond acceptors (Lipinski definition) is 5. The number of esters is 1. The first-order valence-corrected chi connectivity index (χ1v) is 11.4. The maximum Gasteiger partial charge on any atom is 0.306 e. The van der Waals surface area contributed by atoms with E-state index in [1.54, 1.807) is 12.1 Å². The number of piperidine rings is 1. The molecule has 0 unspecified atom stereocenters. The maximum absolute atomic E-state index is 12.7. The van der Waals surface area contributed by atoms with Crippen molar-refractivity contribution in [2.24, 2.45) is 5.92 Å². The lowest BCUT2D eigenvalue weighted by atomic mass is 10.1. The van der Waals surface area contributed by atoms with Crippen LogP contribution in [0.5, 0.6) is 0 Å². The lowest BCUT2D eigenvalue weighted by molar-refractivity contribution is -0.148. The van der Waals surface area contributed by atoms with E-state index in [0.717, 1.165) is 44.9 Å². The van der Waals surface area contributed by atoms with Gasteiger partial charge in [0.2, 0.25) is 10.0 Å². The molecule has 7 nitrogen and oxygen atoms in total. The summed E-state index contributed by atoms with van der Waals surface area (Å²) in [6.45, 7) is 0.681. The number of anilines is 1. The molecule has 0 spiro atoms. The fourth-order valence-corrected chi connectivity index (χ4v) is 5.40. The molecule has 1 aliphatic heterocycles. The summed E-state index contributed by atoms with van der Waals surface area (Å²) >= 11 is 0. The number of rotatable bonds is 7. The van der Waals surface area contributed by atoms with Crippen LogP contribution in [0, 0.1) is 5.92 Å². The molecule has 1 saturated heterocycles. The van der Waals surface area contributed by atoms with Crippen molar-refractivity contribution in [2.75, 3.05) is 25.0 Å². The number of nitrogens with one attached hydrogen (secondary N) is 1. The van der Waals surface area contributed by atoms with Crippen molar-refractivity contribution in [3.8, 4) is 0 Å².